The summed E-state index contributed by atoms with van der Waals surface area (Å²) >= 11 is 1.49. The molecule has 0 aromatic carbocycles. The molecule has 0 bridgehead atoms. The number of thiazole rings is 1. The van der Waals surface area contributed by atoms with E-state index < -0.39 is 0 Å². The molecule has 0 atom stereocenters. The maximum atomic E-state index is 3.94. The third-order valence-corrected chi connectivity index (χ3v) is 1.36. The summed E-state index contributed by atoms with van der Waals surface area (Å²) in [6.45, 7) is 0. The van der Waals surface area contributed by atoms with E-state index in [1.165, 1.54) is 11.3 Å². The van der Waals surface area contributed by atoms with Crippen LogP contribution < -0.4 is 4.90 Å². The van der Waals surface area contributed by atoms with E-state index in [1.807, 2.05) is 24.4 Å². The lowest BCUT2D eigenvalue weighted by molar-refractivity contribution is 1.09. The minimum Gasteiger partial charge on any atom is -0.362 e. The lowest BCUT2D eigenvalue weighted by Crippen LogP contribution is -2.08. The minimum absolute atomic E-state index is 0.981. The molecule has 43 valence electrons. The molecule has 0 N–H and O–H groups in total. The molecule has 3 heteroatoms. The number of hydrogen-bond donors (Lipinski definition) is 0. The molecule has 1 radical (unpaired) electrons. The molecule has 0 amide bonds. The maximum absolute atomic E-state index is 3.94. The molecule has 0 saturated carbocycles. The fourth-order valence-electron chi connectivity index (χ4n) is 0.384. The summed E-state index contributed by atoms with van der Waals surface area (Å²) < 4.78 is 0. The quantitative estimate of drug-likeness (QED) is 0.559. The standard InChI is InChI=1S/C5H7N2S/c1-7(2)5-3-8-4-6-5/h3H,1-2H3. The van der Waals surface area contributed by atoms with Crippen molar-refractivity contribution in [1.29, 1.82) is 0 Å². The Labute approximate surface area is 52.8 Å². The molecule has 1 rings (SSSR count). The molecule has 0 aliphatic carbocycles. The highest BCUT2D eigenvalue weighted by molar-refractivity contribution is 7.07. The number of rotatable bonds is 1. The Morgan fingerprint density at radius 1 is 1.75 bits per heavy atom. The summed E-state index contributed by atoms with van der Waals surface area (Å²) in [7, 11) is 3.92. The topological polar surface area (TPSA) is 16.1 Å². The molecule has 0 aliphatic rings. The number of hydrogen-bond acceptors (Lipinski definition) is 3. The van der Waals surface area contributed by atoms with Crippen LogP contribution in [0.3, 0.4) is 0 Å². The maximum Gasteiger partial charge on any atom is 0.154 e. The van der Waals surface area contributed by atoms with Gasteiger partial charge in [-0.05, 0) is 0 Å². The second-order valence-corrected chi connectivity index (χ2v) is 2.35. The fourth-order valence-corrected chi connectivity index (χ4v) is 0.952. The molecule has 0 saturated heterocycles. The van der Waals surface area contributed by atoms with Crippen molar-refractivity contribution in [3.05, 3.63) is 10.9 Å². The Morgan fingerprint density at radius 3 is 2.75 bits per heavy atom. The predicted molar refractivity (Wildman–Crippen MR) is 35.3 cm³/mol. The van der Waals surface area contributed by atoms with E-state index in [1.54, 1.807) is 0 Å². The summed E-state index contributed by atoms with van der Waals surface area (Å²) in [4.78, 5) is 5.89. The van der Waals surface area contributed by atoms with Crippen molar-refractivity contribution in [2.45, 2.75) is 0 Å². The van der Waals surface area contributed by atoms with E-state index in [-0.39, 0.29) is 0 Å². The van der Waals surface area contributed by atoms with Gasteiger partial charge >= 0.3 is 0 Å². The summed E-state index contributed by atoms with van der Waals surface area (Å²) in [6, 6.07) is 0. The molecular weight excluding hydrogens is 120 g/mol. The zero-order chi connectivity index (χ0) is 5.98. The van der Waals surface area contributed by atoms with Gasteiger partial charge in [-0.25, -0.2) is 4.98 Å². The second-order valence-electron chi connectivity index (χ2n) is 1.69. The normalized spacial score (nSPS) is 9.25. The van der Waals surface area contributed by atoms with Gasteiger partial charge in [-0.2, -0.15) is 0 Å². The van der Waals surface area contributed by atoms with Gasteiger partial charge in [0.15, 0.2) is 5.51 Å². The van der Waals surface area contributed by atoms with E-state index in [2.05, 4.69) is 10.5 Å². The van der Waals surface area contributed by atoms with Crippen LogP contribution in [0, 0.1) is 5.51 Å². The van der Waals surface area contributed by atoms with Crippen LogP contribution in [0.2, 0.25) is 0 Å². The van der Waals surface area contributed by atoms with Crippen LogP contribution in [0.15, 0.2) is 5.38 Å². The van der Waals surface area contributed by atoms with Crippen molar-refractivity contribution in [2.75, 3.05) is 19.0 Å². The van der Waals surface area contributed by atoms with Crippen LogP contribution in [-0.4, -0.2) is 19.1 Å². The Hall–Kier alpha value is -0.570. The van der Waals surface area contributed by atoms with Gasteiger partial charge < -0.3 is 4.90 Å². The molecule has 1 aromatic rings. The van der Waals surface area contributed by atoms with E-state index in [4.69, 9.17) is 0 Å². The van der Waals surface area contributed by atoms with Gasteiger partial charge in [-0.15, -0.1) is 11.3 Å². The second kappa shape index (κ2) is 2.13. The average molecular weight is 127 g/mol. The van der Waals surface area contributed by atoms with Crippen molar-refractivity contribution >= 4 is 17.2 Å². The van der Waals surface area contributed by atoms with E-state index in [0.29, 0.717) is 0 Å². The third kappa shape index (κ3) is 0.980. The Balaban J connectivity index is 2.77. The monoisotopic (exact) mass is 127 g/mol. The Bertz CT molecular complexity index is 145. The van der Waals surface area contributed by atoms with Crippen molar-refractivity contribution in [3.8, 4) is 0 Å². The fraction of sp³-hybridized carbons (Fsp3) is 0.400. The first-order chi connectivity index (χ1) is 3.80. The van der Waals surface area contributed by atoms with Gasteiger partial charge in [0.05, 0.1) is 0 Å². The van der Waals surface area contributed by atoms with Crippen LogP contribution in [-0.2, 0) is 0 Å². The van der Waals surface area contributed by atoms with Crippen LogP contribution in [0.1, 0.15) is 0 Å². The van der Waals surface area contributed by atoms with E-state index in [0.717, 1.165) is 5.82 Å². The highest BCUT2D eigenvalue weighted by atomic mass is 32.1. The summed E-state index contributed by atoms with van der Waals surface area (Å²) in [5, 5.41) is 1.96. The molecule has 0 aliphatic heterocycles. The van der Waals surface area contributed by atoms with Crippen LogP contribution in [0.25, 0.3) is 0 Å². The lowest BCUT2D eigenvalue weighted by Gasteiger charge is -2.04. The van der Waals surface area contributed by atoms with Crippen molar-refractivity contribution in [1.82, 2.24) is 4.98 Å². The van der Waals surface area contributed by atoms with Crippen molar-refractivity contribution < 1.29 is 0 Å². The molecular formula is C5H7N2S. The molecule has 8 heavy (non-hydrogen) atoms. The SMILES string of the molecule is CN(C)c1cs[c]n1. The zero-order valence-corrected chi connectivity index (χ0v) is 5.70. The minimum atomic E-state index is 0.981. The average Bonchev–Trinajstić information content (AvgIpc) is 2.12. The van der Waals surface area contributed by atoms with Gasteiger partial charge in [-0.3, -0.25) is 0 Å². The Kier molecular flexibility index (Phi) is 1.48. The first-order valence-corrected chi connectivity index (χ1v) is 3.17. The number of nitrogens with zero attached hydrogens (tertiary/aromatic N) is 2. The summed E-state index contributed by atoms with van der Waals surface area (Å²) in [6.07, 6.45) is 0. The molecule has 0 spiro atoms. The zero-order valence-electron chi connectivity index (χ0n) is 4.88. The van der Waals surface area contributed by atoms with Gasteiger partial charge in [0.1, 0.15) is 5.82 Å². The van der Waals surface area contributed by atoms with Gasteiger partial charge in [0, 0.05) is 19.5 Å². The number of aromatic nitrogens is 1. The lowest BCUT2D eigenvalue weighted by atomic mass is 10.7. The van der Waals surface area contributed by atoms with Crippen molar-refractivity contribution in [3.63, 3.8) is 0 Å². The molecule has 1 heterocycles. The Morgan fingerprint density at radius 2 is 2.50 bits per heavy atom. The number of anilines is 1. The van der Waals surface area contributed by atoms with Crippen LogP contribution in [0.4, 0.5) is 5.82 Å². The van der Waals surface area contributed by atoms with Crippen LogP contribution >= 0.6 is 11.3 Å². The molecule has 0 fully saturated rings. The highest BCUT2D eigenvalue weighted by Crippen LogP contribution is 2.07. The third-order valence-electron chi connectivity index (χ3n) is 0.835. The van der Waals surface area contributed by atoms with Crippen LogP contribution in [0.5, 0.6) is 0 Å². The van der Waals surface area contributed by atoms with E-state index >= 15 is 0 Å². The van der Waals surface area contributed by atoms with Gasteiger partial charge in [0.2, 0.25) is 0 Å². The van der Waals surface area contributed by atoms with E-state index in [9.17, 15) is 0 Å². The molecule has 1 aromatic heterocycles. The van der Waals surface area contributed by atoms with Gasteiger partial charge in [-0.1, -0.05) is 0 Å². The molecule has 0 unspecified atom stereocenters. The van der Waals surface area contributed by atoms with Gasteiger partial charge in [0.25, 0.3) is 0 Å². The summed E-state index contributed by atoms with van der Waals surface area (Å²) in [5.74, 6) is 0.981. The summed E-state index contributed by atoms with van der Waals surface area (Å²) in [5.41, 5.74) is 2.76. The van der Waals surface area contributed by atoms with Crippen molar-refractivity contribution in [2.24, 2.45) is 0 Å². The smallest absolute Gasteiger partial charge is 0.154 e. The predicted octanol–water partition coefficient (Wildman–Crippen LogP) is 1.01. The largest absolute Gasteiger partial charge is 0.362 e. The first-order valence-electron chi connectivity index (χ1n) is 2.29. The molecule has 2 nitrogen and oxygen atoms in total. The highest BCUT2D eigenvalue weighted by Gasteiger charge is 1.92. The first kappa shape index (κ1) is 5.56.